The van der Waals surface area contributed by atoms with E-state index in [1.165, 1.54) is 0 Å². The van der Waals surface area contributed by atoms with Crippen LogP contribution in [0, 0.1) is 0 Å². The number of ketones is 1. The molecule has 30 heavy (non-hydrogen) atoms. The first kappa shape index (κ1) is 20.1. The van der Waals surface area contributed by atoms with E-state index in [1.807, 2.05) is 24.3 Å². The maximum atomic E-state index is 13.2. The van der Waals surface area contributed by atoms with Crippen LogP contribution < -0.4 is 4.74 Å². The first-order valence-electron chi connectivity index (χ1n) is 10.2. The highest BCUT2D eigenvalue weighted by molar-refractivity contribution is 6.24. The maximum Gasteiger partial charge on any atom is 0.266 e. The molecule has 0 spiro atoms. The van der Waals surface area contributed by atoms with E-state index < -0.39 is 17.9 Å². The van der Waals surface area contributed by atoms with Crippen LogP contribution in [-0.4, -0.2) is 28.5 Å². The van der Waals surface area contributed by atoms with Crippen LogP contribution in [0.3, 0.4) is 0 Å². The molecule has 1 aliphatic heterocycles. The zero-order valence-corrected chi connectivity index (χ0v) is 17.5. The molecule has 154 valence electrons. The van der Waals surface area contributed by atoms with Gasteiger partial charge in [0.1, 0.15) is 11.5 Å². The lowest BCUT2D eigenvalue weighted by molar-refractivity contribution is -0.123. The number of carbonyl (C=O) groups excluding carboxylic acids is 3. The third-order valence-electron chi connectivity index (χ3n) is 5.71. The lowest BCUT2D eigenvalue weighted by Crippen LogP contribution is -2.46. The number of ether oxygens (including phenoxy) is 1. The van der Waals surface area contributed by atoms with Crippen molar-refractivity contribution in [2.24, 2.45) is 0 Å². The Balaban J connectivity index is 1.67. The molecule has 5 nitrogen and oxygen atoms in total. The number of fused-ring (bicyclic) bond motifs is 1. The van der Waals surface area contributed by atoms with Crippen LogP contribution in [-0.2, 0) is 10.2 Å². The first-order chi connectivity index (χ1) is 14.2. The molecule has 2 aromatic carbocycles. The van der Waals surface area contributed by atoms with Crippen LogP contribution >= 0.6 is 0 Å². The second-order valence-corrected chi connectivity index (χ2v) is 8.99. The zero-order valence-electron chi connectivity index (χ0n) is 17.5. The fourth-order valence-electron chi connectivity index (χ4n) is 4.02. The number of benzene rings is 2. The van der Waals surface area contributed by atoms with Gasteiger partial charge in [0.05, 0.1) is 17.2 Å². The van der Waals surface area contributed by atoms with E-state index >= 15 is 0 Å². The molecule has 0 aromatic heterocycles. The molecule has 2 aromatic rings. The summed E-state index contributed by atoms with van der Waals surface area (Å²) in [5.74, 6) is -0.120. The summed E-state index contributed by atoms with van der Waals surface area (Å²) in [4.78, 5) is 39.8. The molecule has 1 saturated carbocycles. The normalized spacial score (nSPS) is 19.3. The molecule has 1 atom stereocenters. The number of nitrogens with zero attached hydrogens (tertiary/aromatic N) is 1. The van der Waals surface area contributed by atoms with E-state index in [1.54, 1.807) is 18.2 Å². The van der Waals surface area contributed by atoms with Gasteiger partial charge in [-0.3, -0.25) is 19.3 Å². The molecule has 0 N–H and O–H groups in total. The van der Waals surface area contributed by atoms with Crippen LogP contribution in [0.4, 0.5) is 0 Å². The highest BCUT2D eigenvalue weighted by Gasteiger charge is 2.45. The Bertz CT molecular complexity index is 1080. The van der Waals surface area contributed by atoms with Gasteiger partial charge in [-0.2, -0.15) is 0 Å². The fraction of sp³-hybridized carbons (Fsp3) is 0.320. The Morgan fingerprint density at radius 1 is 1.03 bits per heavy atom. The zero-order chi connectivity index (χ0) is 21.6. The van der Waals surface area contributed by atoms with E-state index in [0.717, 1.165) is 16.0 Å². The summed E-state index contributed by atoms with van der Waals surface area (Å²) in [6, 6.07) is 12.0. The summed E-state index contributed by atoms with van der Waals surface area (Å²) in [5.41, 5.74) is 2.40. The van der Waals surface area contributed by atoms with Gasteiger partial charge < -0.3 is 4.74 Å². The van der Waals surface area contributed by atoms with Crippen molar-refractivity contribution in [3.63, 3.8) is 0 Å². The molecule has 0 saturated heterocycles. The number of imide groups is 1. The van der Waals surface area contributed by atoms with E-state index in [4.69, 9.17) is 4.74 Å². The summed E-state index contributed by atoms with van der Waals surface area (Å²) in [6.45, 7) is 10.2. The van der Waals surface area contributed by atoms with Crippen molar-refractivity contribution in [1.29, 1.82) is 0 Å². The van der Waals surface area contributed by atoms with Gasteiger partial charge >= 0.3 is 0 Å². The average molecular weight is 403 g/mol. The minimum absolute atomic E-state index is 0.0497. The SMILES string of the molecule is C=C1CCC(N2C(=O)c3cccc(Oc4cccc(C(C)(C)C)c4)c3C2=O)C(=O)C1. The van der Waals surface area contributed by atoms with Crippen molar-refractivity contribution in [2.45, 2.75) is 51.5 Å². The lowest BCUT2D eigenvalue weighted by Gasteiger charge is -2.29. The predicted octanol–water partition coefficient (Wildman–Crippen LogP) is 5.05. The van der Waals surface area contributed by atoms with Crippen LogP contribution in [0.5, 0.6) is 11.5 Å². The second-order valence-electron chi connectivity index (χ2n) is 8.99. The summed E-state index contributed by atoms with van der Waals surface area (Å²) < 4.78 is 6.06. The van der Waals surface area contributed by atoms with E-state index in [9.17, 15) is 14.4 Å². The van der Waals surface area contributed by atoms with Gasteiger partial charge in [0.2, 0.25) is 0 Å². The Hall–Kier alpha value is -3.21. The quantitative estimate of drug-likeness (QED) is 0.531. The van der Waals surface area contributed by atoms with Crippen molar-refractivity contribution in [3.8, 4) is 11.5 Å². The molecular weight excluding hydrogens is 378 g/mol. The van der Waals surface area contributed by atoms with Crippen molar-refractivity contribution in [3.05, 3.63) is 71.3 Å². The van der Waals surface area contributed by atoms with Gasteiger partial charge in [-0.05, 0) is 48.1 Å². The molecular formula is C25H25NO4. The molecule has 2 amide bonds. The van der Waals surface area contributed by atoms with Crippen LogP contribution in [0.2, 0.25) is 0 Å². The molecule has 0 bridgehead atoms. The summed E-state index contributed by atoms with van der Waals surface area (Å²) in [7, 11) is 0. The number of amides is 2. The van der Waals surface area contributed by atoms with Gasteiger partial charge in [-0.15, -0.1) is 0 Å². The number of rotatable bonds is 3. The van der Waals surface area contributed by atoms with Gasteiger partial charge in [-0.1, -0.05) is 51.1 Å². The Labute approximate surface area is 176 Å². The number of hydrogen-bond donors (Lipinski definition) is 0. The molecule has 5 heteroatoms. The summed E-state index contributed by atoms with van der Waals surface area (Å²) in [6.07, 6.45) is 1.26. The van der Waals surface area contributed by atoms with Crippen molar-refractivity contribution >= 4 is 17.6 Å². The molecule has 1 fully saturated rings. The van der Waals surface area contributed by atoms with E-state index in [-0.39, 0.29) is 28.7 Å². The van der Waals surface area contributed by atoms with Gasteiger partial charge in [0, 0.05) is 6.42 Å². The second kappa shape index (κ2) is 7.24. The van der Waals surface area contributed by atoms with Gasteiger partial charge in [0.25, 0.3) is 11.8 Å². The predicted molar refractivity (Wildman–Crippen MR) is 114 cm³/mol. The largest absolute Gasteiger partial charge is 0.456 e. The van der Waals surface area contributed by atoms with Crippen LogP contribution in [0.25, 0.3) is 0 Å². The monoisotopic (exact) mass is 403 g/mol. The van der Waals surface area contributed by atoms with Crippen molar-refractivity contribution in [1.82, 2.24) is 4.90 Å². The number of carbonyl (C=O) groups is 3. The maximum absolute atomic E-state index is 13.2. The number of allylic oxidation sites excluding steroid dienone is 1. The third kappa shape index (κ3) is 3.45. The fourth-order valence-corrected chi connectivity index (χ4v) is 4.02. The van der Waals surface area contributed by atoms with E-state index in [0.29, 0.717) is 24.3 Å². The third-order valence-corrected chi connectivity index (χ3v) is 5.71. The minimum Gasteiger partial charge on any atom is -0.456 e. The Morgan fingerprint density at radius 2 is 1.77 bits per heavy atom. The number of hydrogen-bond acceptors (Lipinski definition) is 4. The standard InChI is InChI=1S/C25H25NO4/c1-15-11-12-19(20(27)13-15)26-23(28)18-9-6-10-21(22(18)24(26)29)30-17-8-5-7-16(14-17)25(2,3)4/h5-10,14,19H,1,11-13H2,2-4H3. The smallest absolute Gasteiger partial charge is 0.266 e. The highest BCUT2D eigenvalue weighted by atomic mass is 16.5. The van der Waals surface area contributed by atoms with E-state index in [2.05, 4.69) is 27.4 Å². The molecule has 1 heterocycles. The lowest BCUT2D eigenvalue weighted by atomic mass is 9.87. The summed E-state index contributed by atoms with van der Waals surface area (Å²) >= 11 is 0. The van der Waals surface area contributed by atoms with Gasteiger partial charge in [0.15, 0.2) is 5.78 Å². The molecule has 4 rings (SSSR count). The molecule has 0 radical (unpaired) electrons. The van der Waals surface area contributed by atoms with Crippen LogP contribution in [0.15, 0.2) is 54.6 Å². The first-order valence-corrected chi connectivity index (χ1v) is 10.2. The summed E-state index contributed by atoms with van der Waals surface area (Å²) in [5, 5.41) is 0. The minimum atomic E-state index is -0.736. The highest BCUT2D eigenvalue weighted by Crippen LogP contribution is 2.37. The van der Waals surface area contributed by atoms with Gasteiger partial charge in [-0.25, -0.2) is 0 Å². The Kier molecular flexibility index (Phi) is 4.85. The molecule has 2 aliphatic rings. The topological polar surface area (TPSA) is 63.7 Å². The number of Topliss-reactive ketones (excluding diaryl/α,β-unsaturated/α-hetero) is 1. The molecule has 1 unspecified atom stereocenters. The van der Waals surface area contributed by atoms with Crippen molar-refractivity contribution in [2.75, 3.05) is 0 Å². The van der Waals surface area contributed by atoms with Crippen LogP contribution in [0.1, 0.15) is 66.3 Å². The van der Waals surface area contributed by atoms with Crippen molar-refractivity contribution < 1.29 is 19.1 Å². The Morgan fingerprint density at radius 3 is 2.47 bits per heavy atom. The average Bonchev–Trinajstić information content (AvgIpc) is 2.93. The molecule has 1 aliphatic carbocycles.